The summed E-state index contributed by atoms with van der Waals surface area (Å²) in [5.41, 5.74) is 0. The first-order chi connectivity index (χ1) is 15.5. The zero-order chi connectivity index (χ0) is 27.9. The molecule has 0 rings (SSSR count). The number of rotatable bonds is 14. The van der Waals surface area contributed by atoms with Crippen molar-refractivity contribution in [2.45, 2.75) is 38.5 Å². The number of carbonyl (C=O) groups is 7. The van der Waals surface area contributed by atoms with Crippen LogP contribution in [0.5, 0.6) is 0 Å². The molecule has 20 heteroatoms. The second-order valence-electron chi connectivity index (χ2n) is 5.82. The Kier molecular flexibility index (Phi) is 39.6. The van der Waals surface area contributed by atoms with Crippen molar-refractivity contribution in [3.8, 4) is 0 Å². The Balaban J connectivity index is -0.0000000910. The zero-order valence-corrected chi connectivity index (χ0v) is 24.6. The average Bonchev–Trinajstić information content (AvgIpc) is 2.60. The summed E-state index contributed by atoms with van der Waals surface area (Å²) in [6, 6.07) is 0. The number of hydrogen-bond donors (Lipinski definition) is 6. The smallest absolute Gasteiger partial charge is 0.550 e. The van der Waals surface area contributed by atoms with Crippen LogP contribution < -0.4 is 69.3 Å². The second kappa shape index (κ2) is 29.8. The minimum Gasteiger partial charge on any atom is -0.550 e. The fraction of sp³-hybridized carbons (Fsp3) is 0.562. The van der Waals surface area contributed by atoms with Crippen LogP contribution >= 0.6 is 7.60 Å². The van der Waals surface area contributed by atoms with Gasteiger partial charge in [0.25, 0.3) is 0 Å². The predicted molar refractivity (Wildman–Crippen MR) is 104 cm³/mol. The maximum atomic E-state index is 10.5. The average molecular weight is 565 g/mol. The van der Waals surface area contributed by atoms with E-state index in [1.54, 1.807) is 0 Å². The standard InChI is InChI=1S/C5H10NO7P.2C5H8O4.CH2O.2Na/c7-4(8)1-6(2-5(9)10)3-14(11,12)13;2*6-4(7)2-1-3-5(8)9;1-2;;/h1-3H2,(H,7,8)(H,9,10)(H2,11,12,13);2*1-3H2,(H,6,7)(H,8,9);1H2;;/q;;;;2*+1/p-2. The Morgan fingerprint density at radius 3 is 1.11 bits per heavy atom. The van der Waals surface area contributed by atoms with E-state index in [2.05, 4.69) is 0 Å². The van der Waals surface area contributed by atoms with Crippen LogP contribution in [0.15, 0.2) is 0 Å². The maximum Gasteiger partial charge on any atom is 1.00 e. The minimum atomic E-state index is -4.44. The van der Waals surface area contributed by atoms with Gasteiger partial charge < -0.3 is 54.8 Å². The Hall–Kier alpha value is -1.40. The molecule has 0 aromatic rings. The monoisotopic (exact) mass is 565 g/mol. The fourth-order valence-corrected chi connectivity index (χ4v) is 2.29. The Labute approximate surface area is 249 Å². The van der Waals surface area contributed by atoms with E-state index < -0.39 is 62.8 Å². The molecule has 6 N–H and O–H groups in total. The molecular weight excluding hydrogens is 539 g/mol. The SMILES string of the molecule is C=O.O=C(O)CCCC(=O)O.O=C(O)CN(CC(=O)O)CP(=O)(O)O.O=C([O-])CCCC(=O)[O-].[Na+].[Na+]. The van der Waals surface area contributed by atoms with Crippen LogP contribution in [-0.4, -0.2) is 97.1 Å². The van der Waals surface area contributed by atoms with E-state index in [4.69, 9.17) is 35.0 Å². The van der Waals surface area contributed by atoms with Gasteiger partial charge in [-0.3, -0.25) is 28.6 Å². The van der Waals surface area contributed by atoms with Crippen LogP contribution in [0.4, 0.5) is 0 Å². The van der Waals surface area contributed by atoms with Crippen molar-refractivity contribution >= 4 is 50.2 Å². The van der Waals surface area contributed by atoms with Crippen molar-refractivity contribution in [2.24, 2.45) is 0 Å². The van der Waals surface area contributed by atoms with Gasteiger partial charge in [-0.1, -0.05) is 0 Å². The third-order valence-corrected chi connectivity index (χ3v) is 3.41. The van der Waals surface area contributed by atoms with Gasteiger partial charge in [-0.15, -0.1) is 0 Å². The number of carbonyl (C=O) groups excluding carboxylic acids is 3. The first kappa shape index (κ1) is 47.8. The summed E-state index contributed by atoms with van der Waals surface area (Å²) in [4.78, 5) is 84.9. The minimum absolute atomic E-state index is 0. The van der Waals surface area contributed by atoms with Crippen LogP contribution in [0.25, 0.3) is 0 Å². The molecular formula is C16H26NNa2O16P. The predicted octanol–water partition coefficient (Wildman–Crippen LogP) is -9.60. The van der Waals surface area contributed by atoms with Gasteiger partial charge in [-0.2, -0.15) is 0 Å². The molecule has 0 spiro atoms. The largest absolute Gasteiger partial charge is 1.00 e. The molecule has 17 nitrogen and oxygen atoms in total. The van der Waals surface area contributed by atoms with Crippen molar-refractivity contribution in [1.82, 2.24) is 4.90 Å². The molecule has 0 unspecified atom stereocenters. The summed E-state index contributed by atoms with van der Waals surface area (Å²) in [6.45, 7) is 0.550. The second-order valence-corrected chi connectivity index (χ2v) is 7.43. The van der Waals surface area contributed by atoms with Gasteiger partial charge in [0.05, 0.1) is 13.1 Å². The molecule has 0 radical (unpaired) electrons. The van der Waals surface area contributed by atoms with Crippen LogP contribution in [0.2, 0.25) is 0 Å². The van der Waals surface area contributed by atoms with Crippen molar-refractivity contribution in [3.05, 3.63) is 0 Å². The van der Waals surface area contributed by atoms with Gasteiger partial charge >= 0.3 is 90.6 Å². The van der Waals surface area contributed by atoms with Crippen LogP contribution in [0.1, 0.15) is 38.5 Å². The normalized spacial score (nSPS) is 9.08. The Bertz CT molecular complexity index is 640. The number of hydrogen-bond acceptors (Lipinski definition) is 11. The zero-order valence-electron chi connectivity index (χ0n) is 19.7. The van der Waals surface area contributed by atoms with E-state index >= 15 is 0 Å². The molecule has 0 aliphatic rings. The van der Waals surface area contributed by atoms with Gasteiger partial charge in [-0.25, -0.2) is 0 Å². The van der Waals surface area contributed by atoms with E-state index in [1.807, 2.05) is 6.79 Å². The first-order valence-corrected chi connectivity index (χ1v) is 10.6. The molecule has 0 atom stereocenters. The first-order valence-electron chi connectivity index (χ1n) is 8.78. The van der Waals surface area contributed by atoms with Crippen molar-refractivity contribution in [3.63, 3.8) is 0 Å². The van der Waals surface area contributed by atoms with E-state index in [9.17, 15) is 43.5 Å². The third kappa shape index (κ3) is 58.4. The number of nitrogens with zero attached hydrogens (tertiary/aromatic N) is 1. The molecule has 0 aliphatic heterocycles. The molecule has 0 aromatic carbocycles. The number of carboxylic acids is 6. The number of aliphatic carboxylic acids is 6. The van der Waals surface area contributed by atoms with Crippen molar-refractivity contribution in [2.75, 3.05) is 19.4 Å². The van der Waals surface area contributed by atoms with E-state index in [0.717, 1.165) is 0 Å². The summed E-state index contributed by atoms with van der Waals surface area (Å²) in [5, 5.41) is 52.0. The molecule has 0 bridgehead atoms. The molecule has 0 aromatic heterocycles. The molecule has 36 heavy (non-hydrogen) atoms. The van der Waals surface area contributed by atoms with Crippen molar-refractivity contribution < 1.29 is 138 Å². The van der Waals surface area contributed by atoms with E-state index in [1.165, 1.54) is 0 Å². The molecule has 0 amide bonds. The topological polar surface area (TPSA) is 307 Å². The molecule has 0 saturated carbocycles. The van der Waals surface area contributed by atoms with Gasteiger partial charge in [0.1, 0.15) is 13.1 Å². The summed E-state index contributed by atoms with van der Waals surface area (Å²) in [6.07, 6.45) is -1.14. The molecule has 198 valence electrons. The van der Waals surface area contributed by atoms with Crippen LogP contribution in [0, 0.1) is 0 Å². The summed E-state index contributed by atoms with van der Waals surface area (Å²) in [7, 11) is -4.44. The molecule has 0 saturated heterocycles. The van der Waals surface area contributed by atoms with Crippen LogP contribution in [-0.2, 0) is 38.1 Å². The summed E-state index contributed by atoms with van der Waals surface area (Å²) < 4.78 is 10.5. The van der Waals surface area contributed by atoms with Gasteiger partial charge in [0.15, 0.2) is 0 Å². The maximum absolute atomic E-state index is 10.5. The molecule has 0 heterocycles. The summed E-state index contributed by atoms with van der Waals surface area (Å²) >= 11 is 0. The third-order valence-electron chi connectivity index (χ3n) is 2.65. The van der Waals surface area contributed by atoms with Crippen molar-refractivity contribution in [1.29, 1.82) is 0 Å². The van der Waals surface area contributed by atoms with E-state index in [0.29, 0.717) is 4.90 Å². The molecule has 0 aliphatic carbocycles. The van der Waals surface area contributed by atoms with E-state index in [-0.39, 0.29) is 97.6 Å². The van der Waals surface area contributed by atoms with Crippen LogP contribution in [0.3, 0.4) is 0 Å². The fourth-order valence-electron chi connectivity index (χ4n) is 1.57. The summed E-state index contributed by atoms with van der Waals surface area (Å²) in [5.74, 6) is -7.04. The Morgan fingerprint density at radius 1 is 0.639 bits per heavy atom. The van der Waals surface area contributed by atoms with Gasteiger partial charge in [-0.05, 0) is 25.7 Å². The number of carboxylic acid groups (broad SMARTS) is 6. The van der Waals surface area contributed by atoms with Gasteiger partial charge in [0, 0.05) is 24.8 Å². The Morgan fingerprint density at radius 2 is 0.917 bits per heavy atom. The van der Waals surface area contributed by atoms with Gasteiger partial charge in [0.2, 0.25) is 0 Å². The quantitative estimate of drug-likeness (QED) is 0.0841. The molecule has 0 fully saturated rings.